The normalized spacial score (nSPS) is 14.0. The number of benzene rings is 2. The van der Waals surface area contributed by atoms with E-state index in [1.165, 1.54) is 5.56 Å². The molecule has 0 saturated carbocycles. The van der Waals surface area contributed by atoms with E-state index in [0.717, 1.165) is 43.4 Å². The van der Waals surface area contributed by atoms with Gasteiger partial charge in [-0.15, -0.1) is 0 Å². The van der Waals surface area contributed by atoms with Gasteiger partial charge in [-0.1, -0.05) is 42.5 Å². The van der Waals surface area contributed by atoms with Crippen molar-refractivity contribution >= 4 is 17.5 Å². The van der Waals surface area contributed by atoms with Gasteiger partial charge in [0.15, 0.2) is 0 Å². The molecule has 0 bridgehead atoms. The van der Waals surface area contributed by atoms with E-state index in [0.29, 0.717) is 12.5 Å². The summed E-state index contributed by atoms with van der Waals surface area (Å²) < 4.78 is 5.50. The third-order valence-electron chi connectivity index (χ3n) is 4.96. The Balaban J connectivity index is 1.38. The Labute approximate surface area is 165 Å². The number of hydrogen-bond donors (Lipinski definition) is 1. The molecule has 4 rings (SSSR count). The highest BCUT2D eigenvalue weighted by Crippen LogP contribution is 2.29. The molecule has 0 amide bonds. The first-order valence-corrected chi connectivity index (χ1v) is 9.57. The van der Waals surface area contributed by atoms with Gasteiger partial charge in [-0.25, -0.2) is 4.98 Å². The van der Waals surface area contributed by atoms with E-state index < -0.39 is 0 Å². The van der Waals surface area contributed by atoms with Crippen LogP contribution in [0.15, 0.2) is 66.9 Å². The summed E-state index contributed by atoms with van der Waals surface area (Å²) in [6, 6.07) is 20.4. The van der Waals surface area contributed by atoms with Crippen LogP contribution in [0.2, 0.25) is 0 Å². The van der Waals surface area contributed by atoms with Gasteiger partial charge in [0.2, 0.25) is 5.95 Å². The number of anilines is 3. The number of piperazine rings is 1. The molecule has 1 fully saturated rings. The van der Waals surface area contributed by atoms with Crippen LogP contribution in [0.4, 0.5) is 17.5 Å². The topological polar surface area (TPSA) is 53.5 Å². The Morgan fingerprint density at radius 2 is 1.61 bits per heavy atom. The van der Waals surface area contributed by atoms with Crippen LogP contribution in [-0.2, 0) is 6.54 Å². The van der Waals surface area contributed by atoms with Crippen molar-refractivity contribution in [2.75, 3.05) is 48.4 Å². The van der Waals surface area contributed by atoms with E-state index in [4.69, 9.17) is 9.72 Å². The van der Waals surface area contributed by atoms with Gasteiger partial charge in [0.05, 0.1) is 12.8 Å². The van der Waals surface area contributed by atoms with Crippen molar-refractivity contribution in [3.63, 3.8) is 0 Å². The van der Waals surface area contributed by atoms with Crippen molar-refractivity contribution in [3.8, 4) is 5.75 Å². The van der Waals surface area contributed by atoms with Crippen molar-refractivity contribution in [3.05, 3.63) is 72.4 Å². The maximum absolute atomic E-state index is 5.50. The van der Waals surface area contributed by atoms with Gasteiger partial charge in [0.25, 0.3) is 0 Å². The summed E-state index contributed by atoms with van der Waals surface area (Å²) in [5.41, 5.74) is 2.36. The summed E-state index contributed by atoms with van der Waals surface area (Å²) in [7, 11) is 1.72. The summed E-state index contributed by atoms with van der Waals surface area (Å²) in [6.07, 6.45) is 1.82. The largest absolute Gasteiger partial charge is 0.495 e. The minimum Gasteiger partial charge on any atom is -0.495 e. The van der Waals surface area contributed by atoms with E-state index >= 15 is 0 Å². The molecule has 144 valence electrons. The Bertz CT molecular complexity index is 894. The van der Waals surface area contributed by atoms with Gasteiger partial charge in [-0.05, 0) is 23.8 Å². The van der Waals surface area contributed by atoms with E-state index in [2.05, 4.69) is 44.4 Å². The molecular formula is C22H25N5O. The molecule has 0 radical (unpaired) electrons. The first-order valence-electron chi connectivity index (χ1n) is 9.57. The molecule has 1 aromatic heterocycles. The quantitative estimate of drug-likeness (QED) is 0.712. The number of nitrogens with one attached hydrogen (secondary N) is 1. The van der Waals surface area contributed by atoms with E-state index in [1.54, 1.807) is 7.11 Å². The molecule has 0 spiro atoms. The average molecular weight is 375 g/mol. The molecule has 6 heteroatoms. The highest BCUT2D eigenvalue weighted by Gasteiger charge is 2.20. The lowest BCUT2D eigenvalue weighted by Gasteiger charge is -2.37. The standard InChI is InChI=1S/C22H25N5O/c1-28-20-10-6-5-9-19(20)26-13-15-27(16-14-26)21-11-12-23-22(25-21)24-17-18-7-3-2-4-8-18/h2-12H,13-17H2,1H3,(H,23,24,25). The summed E-state index contributed by atoms with van der Waals surface area (Å²) >= 11 is 0. The molecule has 3 aromatic rings. The molecule has 0 aliphatic carbocycles. The monoisotopic (exact) mass is 375 g/mol. The third-order valence-corrected chi connectivity index (χ3v) is 4.96. The Kier molecular flexibility index (Phi) is 5.56. The Hall–Kier alpha value is -3.28. The van der Waals surface area contributed by atoms with Crippen molar-refractivity contribution in [2.45, 2.75) is 6.54 Å². The predicted molar refractivity (Wildman–Crippen MR) is 113 cm³/mol. The summed E-state index contributed by atoms with van der Waals surface area (Å²) in [6.45, 7) is 4.39. The van der Waals surface area contributed by atoms with Crippen molar-refractivity contribution in [2.24, 2.45) is 0 Å². The molecule has 1 N–H and O–H groups in total. The first-order chi connectivity index (χ1) is 13.8. The van der Waals surface area contributed by atoms with E-state index in [-0.39, 0.29) is 0 Å². The minimum absolute atomic E-state index is 0.661. The lowest BCUT2D eigenvalue weighted by atomic mass is 10.2. The third kappa shape index (κ3) is 4.17. The minimum atomic E-state index is 0.661. The summed E-state index contributed by atoms with van der Waals surface area (Å²) in [5, 5.41) is 3.31. The average Bonchev–Trinajstić information content (AvgIpc) is 2.79. The maximum Gasteiger partial charge on any atom is 0.224 e. The SMILES string of the molecule is COc1ccccc1N1CCN(c2ccnc(NCc3ccccc3)n2)CC1. The van der Waals surface area contributed by atoms with Gasteiger partial charge < -0.3 is 19.9 Å². The van der Waals surface area contributed by atoms with E-state index in [9.17, 15) is 0 Å². The Morgan fingerprint density at radius 1 is 0.893 bits per heavy atom. The Morgan fingerprint density at radius 3 is 2.39 bits per heavy atom. The van der Waals surface area contributed by atoms with Gasteiger partial charge in [0.1, 0.15) is 11.6 Å². The number of hydrogen-bond acceptors (Lipinski definition) is 6. The second-order valence-electron chi connectivity index (χ2n) is 6.72. The molecule has 2 heterocycles. The van der Waals surface area contributed by atoms with Gasteiger partial charge in [0, 0.05) is 38.9 Å². The fourth-order valence-electron chi connectivity index (χ4n) is 3.45. The van der Waals surface area contributed by atoms with Crippen LogP contribution in [0.3, 0.4) is 0 Å². The highest BCUT2D eigenvalue weighted by atomic mass is 16.5. The fraction of sp³-hybridized carbons (Fsp3) is 0.273. The molecule has 2 aromatic carbocycles. The van der Waals surface area contributed by atoms with Crippen LogP contribution in [0, 0.1) is 0 Å². The smallest absolute Gasteiger partial charge is 0.224 e. The molecular weight excluding hydrogens is 350 g/mol. The molecule has 0 atom stereocenters. The van der Waals surface area contributed by atoms with Crippen molar-refractivity contribution < 1.29 is 4.74 Å². The van der Waals surface area contributed by atoms with Gasteiger partial charge in [-0.3, -0.25) is 0 Å². The molecule has 1 saturated heterocycles. The first kappa shape index (κ1) is 18.1. The van der Waals surface area contributed by atoms with Crippen molar-refractivity contribution in [1.29, 1.82) is 0 Å². The number of aromatic nitrogens is 2. The lowest BCUT2D eigenvalue weighted by Crippen LogP contribution is -2.47. The number of rotatable bonds is 6. The second kappa shape index (κ2) is 8.61. The number of para-hydroxylation sites is 2. The van der Waals surface area contributed by atoms with Crippen molar-refractivity contribution in [1.82, 2.24) is 9.97 Å². The van der Waals surface area contributed by atoms with Crippen LogP contribution in [-0.4, -0.2) is 43.3 Å². The van der Waals surface area contributed by atoms with Crippen LogP contribution in [0.25, 0.3) is 0 Å². The van der Waals surface area contributed by atoms with Crippen LogP contribution < -0.4 is 19.9 Å². The zero-order valence-electron chi connectivity index (χ0n) is 16.1. The predicted octanol–water partition coefficient (Wildman–Crippen LogP) is 3.42. The number of ether oxygens (including phenoxy) is 1. The van der Waals surface area contributed by atoms with Crippen LogP contribution in [0.5, 0.6) is 5.75 Å². The molecule has 1 aliphatic rings. The fourth-order valence-corrected chi connectivity index (χ4v) is 3.45. The zero-order chi connectivity index (χ0) is 19.2. The van der Waals surface area contributed by atoms with Crippen LogP contribution in [0.1, 0.15) is 5.56 Å². The molecule has 1 aliphatic heterocycles. The second-order valence-corrected chi connectivity index (χ2v) is 6.72. The van der Waals surface area contributed by atoms with Crippen LogP contribution >= 0.6 is 0 Å². The molecule has 6 nitrogen and oxygen atoms in total. The number of nitrogens with zero attached hydrogens (tertiary/aromatic N) is 4. The van der Waals surface area contributed by atoms with E-state index in [1.807, 2.05) is 42.6 Å². The lowest BCUT2D eigenvalue weighted by molar-refractivity contribution is 0.413. The summed E-state index contributed by atoms with van der Waals surface area (Å²) in [5.74, 6) is 2.55. The molecule has 0 unspecified atom stereocenters. The summed E-state index contributed by atoms with van der Waals surface area (Å²) in [4.78, 5) is 13.7. The maximum atomic E-state index is 5.50. The van der Waals surface area contributed by atoms with Gasteiger partial charge in [-0.2, -0.15) is 4.98 Å². The zero-order valence-corrected chi connectivity index (χ0v) is 16.1. The van der Waals surface area contributed by atoms with Gasteiger partial charge >= 0.3 is 0 Å². The molecule has 28 heavy (non-hydrogen) atoms. The number of methoxy groups -OCH3 is 1. The highest BCUT2D eigenvalue weighted by molar-refractivity contribution is 5.59.